The monoisotopic (exact) mass is 202 g/mol. The van der Waals surface area contributed by atoms with Crippen molar-refractivity contribution in [2.45, 2.75) is 52.6 Å². The minimum atomic E-state index is -0.420. The fourth-order valence-corrected chi connectivity index (χ4v) is 1.12. The first-order valence-electron chi connectivity index (χ1n) is 5.50. The summed E-state index contributed by atoms with van der Waals surface area (Å²) >= 11 is 0. The van der Waals surface area contributed by atoms with Crippen LogP contribution in [0, 0.1) is 0 Å². The summed E-state index contributed by atoms with van der Waals surface area (Å²) in [6.07, 6.45) is 4.23. The van der Waals surface area contributed by atoms with Gasteiger partial charge in [-0.1, -0.05) is 26.2 Å². The third-order valence-electron chi connectivity index (χ3n) is 1.98. The van der Waals surface area contributed by atoms with Crippen LogP contribution in [0.1, 0.15) is 46.5 Å². The van der Waals surface area contributed by atoms with Gasteiger partial charge in [0.15, 0.2) is 6.10 Å². The van der Waals surface area contributed by atoms with Crippen molar-refractivity contribution in [3.05, 3.63) is 0 Å². The van der Waals surface area contributed by atoms with Crippen molar-refractivity contribution < 1.29 is 14.3 Å². The molecule has 0 aromatic carbocycles. The van der Waals surface area contributed by atoms with Gasteiger partial charge < -0.3 is 9.47 Å². The summed E-state index contributed by atoms with van der Waals surface area (Å²) in [5.74, 6) is -0.261. The van der Waals surface area contributed by atoms with Crippen molar-refractivity contribution in [1.82, 2.24) is 0 Å². The van der Waals surface area contributed by atoms with Gasteiger partial charge in [0.25, 0.3) is 0 Å². The molecule has 84 valence electrons. The molecule has 1 unspecified atom stereocenters. The highest BCUT2D eigenvalue weighted by Crippen LogP contribution is 2.01. The standard InChI is InChI=1S/C11H22O3/c1-4-6-7-8-9-14-10(3)11(12)13-5-2/h10H,4-9H2,1-3H3. The van der Waals surface area contributed by atoms with Gasteiger partial charge in [0.1, 0.15) is 0 Å². The molecule has 0 aromatic heterocycles. The molecule has 0 rings (SSSR count). The number of hydrogen-bond donors (Lipinski definition) is 0. The summed E-state index contributed by atoms with van der Waals surface area (Å²) in [6.45, 7) is 6.77. The third-order valence-corrected chi connectivity index (χ3v) is 1.98. The van der Waals surface area contributed by atoms with Crippen molar-refractivity contribution in [2.75, 3.05) is 13.2 Å². The number of hydrogen-bond acceptors (Lipinski definition) is 3. The lowest BCUT2D eigenvalue weighted by Crippen LogP contribution is -2.23. The number of carbonyl (C=O) groups excluding carboxylic acids is 1. The van der Waals surface area contributed by atoms with Crippen molar-refractivity contribution in [1.29, 1.82) is 0 Å². The lowest BCUT2D eigenvalue weighted by atomic mass is 10.2. The van der Waals surface area contributed by atoms with Gasteiger partial charge in [0, 0.05) is 6.61 Å². The molecule has 0 aliphatic heterocycles. The number of ether oxygens (including phenoxy) is 2. The van der Waals surface area contributed by atoms with E-state index in [1.54, 1.807) is 13.8 Å². The Kier molecular flexibility index (Phi) is 8.64. The molecule has 0 aromatic rings. The molecule has 1 atom stereocenters. The van der Waals surface area contributed by atoms with Gasteiger partial charge in [0.2, 0.25) is 0 Å². The zero-order valence-corrected chi connectivity index (χ0v) is 9.54. The fourth-order valence-electron chi connectivity index (χ4n) is 1.12. The molecule has 0 amide bonds. The number of unbranched alkanes of at least 4 members (excludes halogenated alkanes) is 3. The average Bonchev–Trinajstić information content (AvgIpc) is 2.17. The molecule has 0 spiro atoms. The highest BCUT2D eigenvalue weighted by Gasteiger charge is 2.13. The summed E-state index contributed by atoms with van der Waals surface area (Å²) in [5.41, 5.74) is 0. The molecule has 0 bridgehead atoms. The first-order chi connectivity index (χ1) is 6.72. The Morgan fingerprint density at radius 3 is 2.50 bits per heavy atom. The van der Waals surface area contributed by atoms with E-state index in [-0.39, 0.29) is 5.97 Å². The largest absolute Gasteiger partial charge is 0.464 e. The minimum absolute atomic E-state index is 0.261. The topological polar surface area (TPSA) is 35.5 Å². The van der Waals surface area contributed by atoms with Crippen LogP contribution >= 0.6 is 0 Å². The van der Waals surface area contributed by atoms with Crippen LogP contribution in [0.3, 0.4) is 0 Å². The third kappa shape index (κ3) is 6.89. The highest BCUT2D eigenvalue weighted by molar-refractivity contribution is 5.74. The quantitative estimate of drug-likeness (QED) is 0.448. The SMILES string of the molecule is CCCCCCOC(C)C(=O)OCC. The van der Waals surface area contributed by atoms with Gasteiger partial charge in [0.05, 0.1) is 6.61 Å². The molecule has 3 heteroatoms. The van der Waals surface area contributed by atoms with Gasteiger partial charge in [-0.25, -0.2) is 4.79 Å². The Morgan fingerprint density at radius 1 is 1.21 bits per heavy atom. The molecule has 0 N–H and O–H groups in total. The first-order valence-corrected chi connectivity index (χ1v) is 5.50. The van der Waals surface area contributed by atoms with Gasteiger partial charge in [-0.05, 0) is 20.3 Å². The van der Waals surface area contributed by atoms with E-state index in [0.717, 1.165) is 6.42 Å². The van der Waals surface area contributed by atoms with Crippen LogP contribution in [-0.2, 0) is 14.3 Å². The van der Waals surface area contributed by atoms with E-state index in [2.05, 4.69) is 6.92 Å². The van der Waals surface area contributed by atoms with Crippen LogP contribution < -0.4 is 0 Å². The second kappa shape index (κ2) is 9.00. The summed E-state index contributed by atoms with van der Waals surface area (Å²) in [7, 11) is 0. The Balaban J connectivity index is 3.34. The maximum atomic E-state index is 11.1. The minimum Gasteiger partial charge on any atom is -0.464 e. The van der Waals surface area contributed by atoms with Gasteiger partial charge in [-0.2, -0.15) is 0 Å². The maximum Gasteiger partial charge on any atom is 0.334 e. The van der Waals surface area contributed by atoms with Crippen LogP contribution in [-0.4, -0.2) is 25.3 Å². The first kappa shape index (κ1) is 13.4. The molecule has 0 aliphatic rings. The van der Waals surface area contributed by atoms with E-state index in [0.29, 0.717) is 13.2 Å². The molecule has 14 heavy (non-hydrogen) atoms. The predicted octanol–water partition coefficient (Wildman–Crippen LogP) is 2.53. The lowest BCUT2D eigenvalue weighted by Gasteiger charge is -2.11. The number of esters is 1. The smallest absolute Gasteiger partial charge is 0.334 e. The number of rotatable bonds is 8. The van der Waals surface area contributed by atoms with Crippen LogP contribution in [0.25, 0.3) is 0 Å². The van der Waals surface area contributed by atoms with Crippen LogP contribution in [0.2, 0.25) is 0 Å². The number of carbonyl (C=O) groups is 1. The summed E-state index contributed by atoms with van der Waals surface area (Å²) in [6, 6.07) is 0. The summed E-state index contributed by atoms with van der Waals surface area (Å²) in [4.78, 5) is 11.1. The van der Waals surface area contributed by atoms with Gasteiger partial charge in [-0.3, -0.25) is 0 Å². The van der Waals surface area contributed by atoms with E-state index < -0.39 is 6.10 Å². The predicted molar refractivity (Wildman–Crippen MR) is 56.2 cm³/mol. The van der Waals surface area contributed by atoms with E-state index in [9.17, 15) is 4.79 Å². The molecule has 0 fully saturated rings. The Morgan fingerprint density at radius 2 is 1.93 bits per heavy atom. The summed E-state index contributed by atoms with van der Waals surface area (Å²) in [5, 5.41) is 0. The normalized spacial score (nSPS) is 12.5. The molecule has 0 heterocycles. The molecular weight excluding hydrogens is 180 g/mol. The van der Waals surface area contributed by atoms with Crippen LogP contribution in [0.5, 0.6) is 0 Å². The fraction of sp³-hybridized carbons (Fsp3) is 0.909. The molecule has 0 aliphatic carbocycles. The van der Waals surface area contributed by atoms with E-state index in [1.165, 1.54) is 19.3 Å². The molecule has 3 nitrogen and oxygen atoms in total. The van der Waals surface area contributed by atoms with Crippen molar-refractivity contribution >= 4 is 5.97 Å². The Labute approximate surface area is 86.8 Å². The van der Waals surface area contributed by atoms with Crippen LogP contribution in [0.15, 0.2) is 0 Å². The van der Waals surface area contributed by atoms with Gasteiger partial charge in [-0.15, -0.1) is 0 Å². The highest BCUT2D eigenvalue weighted by atomic mass is 16.6. The average molecular weight is 202 g/mol. The second-order valence-corrected chi connectivity index (χ2v) is 3.33. The van der Waals surface area contributed by atoms with Gasteiger partial charge >= 0.3 is 5.97 Å². The van der Waals surface area contributed by atoms with Crippen molar-refractivity contribution in [3.8, 4) is 0 Å². The maximum absolute atomic E-state index is 11.1. The van der Waals surface area contributed by atoms with Crippen LogP contribution in [0.4, 0.5) is 0 Å². The van der Waals surface area contributed by atoms with E-state index in [4.69, 9.17) is 9.47 Å². The Bertz CT molecular complexity index is 145. The van der Waals surface area contributed by atoms with Crippen molar-refractivity contribution in [2.24, 2.45) is 0 Å². The molecule has 0 saturated carbocycles. The zero-order valence-electron chi connectivity index (χ0n) is 9.54. The summed E-state index contributed by atoms with van der Waals surface area (Å²) < 4.78 is 10.1. The molecular formula is C11H22O3. The zero-order chi connectivity index (χ0) is 10.8. The van der Waals surface area contributed by atoms with Crippen molar-refractivity contribution in [3.63, 3.8) is 0 Å². The lowest BCUT2D eigenvalue weighted by molar-refractivity contribution is -0.155. The van der Waals surface area contributed by atoms with E-state index in [1.807, 2.05) is 0 Å². The Hall–Kier alpha value is -0.570. The molecule has 0 radical (unpaired) electrons. The van der Waals surface area contributed by atoms with E-state index >= 15 is 0 Å². The second-order valence-electron chi connectivity index (χ2n) is 3.33. The molecule has 0 saturated heterocycles.